The lowest BCUT2D eigenvalue weighted by Crippen LogP contribution is -2.05. The van der Waals surface area contributed by atoms with Crippen LogP contribution in [0, 0.1) is 0 Å². The Balaban J connectivity index is 1.81. The van der Waals surface area contributed by atoms with Crippen LogP contribution in [0.3, 0.4) is 0 Å². The van der Waals surface area contributed by atoms with E-state index in [1.165, 1.54) is 22.4 Å². The van der Waals surface area contributed by atoms with Crippen molar-refractivity contribution in [1.82, 2.24) is 0 Å². The maximum absolute atomic E-state index is 5.34. The summed E-state index contributed by atoms with van der Waals surface area (Å²) in [6, 6.07) is 15.5. The summed E-state index contributed by atoms with van der Waals surface area (Å²) in [5, 5.41) is 3.65. The van der Waals surface area contributed by atoms with E-state index in [1.54, 1.807) is 7.11 Å². The summed E-state index contributed by atoms with van der Waals surface area (Å²) in [6.45, 7) is 0. The quantitative estimate of drug-likeness (QED) is 0.819. The summed E-state index contributed by atoms with van der Waals surface area (Å²) in [7, 11) is 1.73. The fourth-order valence-corrected chi connectivity index (χ4v) is 3.34. The van der Waals surface area contributed by atoms with Crippen LogP contribution in [-0.4, -0.2) is 7.11 Å². The highest BCUT2D eigenvalue weighted by Crippen LogP contribution is 2.51. The average Bonchev–Trinajstić information content (AvgIpc) is 2.94. The third-order valence-electron chi connectivity index (χ3n) is 4.20. The number of hydrogen-bond acceptors (Lipinski definition) is 2. The molecule has 2 aromatic rings. The van der Waals surface area contributed by atoms with Gasteiger partial charge in [0.2, 0.25) is 0 Å². The zero-order chi connectivity index (χ0) is 12.1. The molecular formula is C16H15NO. The third kappa shape index (κ3) is 1.23. The molecule has 0 bridgehead atoms. The molecule has 0 spiro atoms. The molecule has 0 saturated heterocycles. The molecule has 4 rings (SSSR count). The van der Waals surface area contributed by atoms with Crippen molar-refractivity contribution in [3.05, 3.63) is 59.2 Å². The highest BCUT2D eigenvalue weighted by molar-refractivity contribution is 5.65. The Hall–Kier alpha value is -1.96. The van der Waals surface area contributed by atoms with Crippen LogP contribution >= 0.6 is 0 Å². The molecule has 2 atom stereocenters. The first-order valence-electron chi connectivity index (χ1n) is 6.39. The van der Waals surface area contributed by atoms with Crippen molar-refractivity contribution in [2.75, 3.05) is 12.4 Å². The first-order chi connectivity index (χ1) is 8.86. The van der Waals surface area contributed by atoms with Gasteiger partial charge in [0.05, 0.1) is 13.2 Å². The monoisotopic (exact) mass is 237 g/mol. The standard InChI is InChI=1S/C16H15NO/c1-18-11-6-7-15-13(9-11)14-8-10-4-2-3-5-12(10)16(14)17-15/h2-7,9,14,16-17H,8H2,1H3. The highest BCUT2D eigenvalue weighted by Gasteiger charge is 2.39. The Kier molecular flexibility index (Phi) is 1.95. The maximum Gasteiger partial charge on any atom is 0.119 e. The summed E-state index contributed by atoms with van der Waals surface area (Å²) in [6.07, 6.45) is 1.13. The molecule has 0 saturated carbocycles. The summed E-state index contributed by atoms with van der Waals surface area (Å²) in [5.74, 6) is 1.51. The minimum atomic E-state index is 0.448. The van der Waals surface area contributed by atoms with Gasteiger partial charge in [-0.25, -0.2) is 0 Å². The molecule has 2 heteroatoms. The lowest BCUT2D eigenvalue weighted by molar-refractivity contribution is 0.414. The summed E-state index contributed by atoms with van der Waals surface area (Å²) >= 11 is 0. The van der Waals surface area contributed by atoms with Crippen molar-refractivity contribution in [2.24, 2.45) is 0 Å². The van der Waals surface area contributed by atoms with Gasteiger partial charge < -0.3 is 10.1 Å². The number of methoxy groups -OCH3 is 1. The molecule has 18 heavy (non-hydrogen) atoms. The minimum absolute atomic E-state index is 0.448. The van der Waals surface area contributed by atoms with E-state index in [-0.39, 0.29) is 0 Å². The molecule has 2 aromatic carbocycles. The predicted molar refractivity (Wildman–Crippen MR) is 72.2 cm³/mol. The number of rotatable bonds is 1. The molecule has 2 nitrogen and oxygen atoms in total. The van der Waals surface area contributed by atoms with Crippen LogP contribution in [0.5, 0.6) is 5.75 Å². The van der Waals surface area contributed by atoms with Crippen LogP contribution in [-0.2, 0) is 6.42 Å². The number of benzene rings is 2. The first-order valence-corrected chi connectivity index (χ1v) is 6.39. The summed E-state index contributed by atoms with van der Waals surface area (Å²) in [4.78, 5) is 0. The fraction of sp³-hybridized carbons (Fsp3) is 0.250. The van der Waals surface area contributed by atoms with Crippen LogP contribution in [0.2, 0.25) is 0 Å². The zero-order valence-electron chi connectivity index (χ0n) is 10.3. The summed E-state index contributed by atoms with van der Waals surface area (Å²) in [5.41, 5.74) is 5.60. The largest absolute Gasteiger partial charge is 0.497 e. The zero-order valence-corrected chi connectivity index (χ0v) is 10.3. The van der Waals surface area contributed by atoms with Gasteiger partial charge in [0.15, 0.2) is 0 Å². The van der Waals surface area contributed by atoms with E-state index in [0.717, 1.165) is 12.2 Å². The number of fused-ring (bicyclic) bond motifs is 5. The third-order valence-corrected chi connectivity index (χ3v) is 4.20. The van der Waals surface area contributed by atoms with Crippen molar-refractivity contribution in [3.8, 4) is 5.75 Å². The Labute approximate surface area is 107 Å². The number of hydrogen-bond donors (Lipinski definition) is 1. The van der Waals surface area contributed by atoms with Gasteiger partial charge in [0.1, 0.15) is 5.75 Å². The maximum atomic E-state index is 5.34. The second kappa shape index (κ2) is 3.52. The molecule has 0 amide bonds. The summed E-state index contributed by atoms with van der Waals surface area (Å²) < 4.78 is 5.34. The molecule has 1 aliphatic heterocycles. The predicted octanol–water partition coefficient (Wildman–Crippen LogP) is 3.50. The van der Waals surface area contributed by atoms with Crippen molar-refractivity contribution in [2.45, 2.75) is 18.4 Å². The van der Waals surface area contributed by atoms with Crippen molar-refractivity contribution in [1.29, 1.82) is 0 Å². The van der Waals surface area contributed by atoms with Crippen LogP contribution in [0.25, 0.3) is 0 Å². The van der Waals surface area contributed by atoms with Crippen molar-refractivity contribution in [3.63, 3.8) is 0 Å². The van der Waals surface area contributed by atoms with E-state index in [9.17, 15) is 0 Å². The van der Waals surface area contributed by atoms with E-state index in [4.69, 9.17) is 4.74 Å². The molecular weight excluding hydrogens is 222 g/mol. The molecule has 0 aromatic heterocycles. The fourth-order valence-electron chi connectivity index (χ4n) is 3.34. The van der Waals surface area contributed by atoms with E-state index < -0.39 is 0 Å². The Morgan fingerprint density at radius 3 is 2.89 bits per heavy atom. The van der Waals surface area contributed by atoms with Gasteiger partial charge in [-0.3, -0.25) is 0 Å². The Bertz CT molecular complexity index is 620. The molecule has 0 fully saturated rings. The molecule has 0 radical (unpaired) electrons. The second-order valence-corrected chi connectivity index (χ2v) is 5.08. The van der Waals surface area contributed by atoms with E-state index in [1.807, 2.05) is 6.07 Å². The van der Waals surface area contributed by atoms with E-state index in [2.05, 4.69) is 41.7 Å². The SMILES string of the molecule is COc1ccc2c(c1)C1Cc3ccccc3C1N2. The Morgan fingerprint density at radius 1 is 1.11 bits per heavy atom. The number of anilines is 1. The molecule has 1 heterocycles. The lowest BCUT2D eigenvalue weighted by Gasteiger charge is -2.11. The van der Waals surface area contributed by atoms with Gasteiger partial charge in [-0.1, -0.05) is 24.3 Å². The van der Waals surface area contributed by atoms with Crippen LogP contribution in [0.15, 0.2) is 42.5 Å². The van der Waals surface area contributed by atoms with E-state index in [0.29, 0.717) is 12.0 Å². The van der Waals surface area contributed by atoms with Crippen molar-refractivity contribution < 1.29 is 4.74 Å². The van der Waals surface area contributed by atoms with Crippen LogP contribution in [0.1, 0.15) is 28.7 Å². The minimum Gasteiger partial charge on any atom is -0.497 e. The van der Waals surface area contributed by atoms with Crippen LogP contribution < -0.4 is 10.1 Å². The normalized spacial score (nSPS) is 22.9. The molecule has 90 valence electrons. The van der Waals surface area contributed by atoms with Gasteiger partial charge >= 0.3 is 0 Å². The molecule has 2 aliphatic rings. The topological polar surface area (TPSA) is 21.3 Å². The van der Waals surface area contributed by atoms with Crippen molar-refractivity contribution >= 4 is 5.69 Å². The van der Waals surface area contributed by atoms with Gasteiger partial charge in [-0.2, -0.15) is 0 Å². The highest BCUT2D eigenvalue weighted by atomic mass is 16.5. The first kappa shape index (κ1) is 10.0. The lowest BCUT2D eigenvalue weighted by atomic mass is 9.96. The smallest absolute Gasteiger partial charge is 0.119 e. The number of ether oxygens (including phenoxy) is 1. The Morgan fingerprint density at radius 2 is 2.00 bits per heavy atom. The number of nitrogens with one attached hydrogen (secondary N) is 1. The van der Waals surface area contributed by atoms with E-state index >= 15 is 0 Å². The van der Waals surface area contributed by atoms with Crippen LogP contribution in [0.4, 0.5) is 5.69 Å². The second-order valence-electron chi connectivity index (χ2n) is 5.08. The molecule has 1 N–H and O–H groups in total. The van der Waals surface area contributed by atoms with Gasteiger partial charge in [0, 0.05) is 11.6 Å². The molecule has 2 unspecified atom stereocenters. The average molecular weight is 237 g/mol. The van der Waals surface area contributed by atoms with Gasteiger partial charge in [0.25, 0.3) is 0 Å². The van der Waals surface area contributed by atoms with Gasteiger partial charge in [-0.15, -0.1) is 0 Å². The van der Waals surface area contributed by atoms with Gasteiger partial charge in [-0.05, 0) is 41.3 Å². The molecule has 1 aliphatic carbocycles.